The molecule has 2 bridgehead atoms. The van der Waals surface area contributed by atoms with Crippen molar-refractivity contribution in [3.63, 3.8) is 0 Å². The fraction of sp³-hybridized carbons (Fsp3) is 0.778. The maximum absolute atomic E-state index is 13.7. The summed E-state index contributed by atoms with van der Waals surface area (Å²) in [6.45, 7) is 6.16. The Labute approximate surface area is 271 Å². The minimum absolute atomic E-state index is 0.0839. The van der Waals surface area contributed by atoms with Crippen molar-refractivity contribution in [3.05, 3.63) is 17.7 Å². The average molecular weight is 628 g/mol. The molecular formula is C36H59N4O5+3. The van der Waals surface area contributed by atoms with Gasteiger partial charge in [0, 0.05) is 58.0 Å². The number of ketones is 1. The van der Waals surface area contributed by atoms with Crippen LogP contribution in [0.1, 0.15) is 90.9 Å². The molecule has 0 aromatic carbocycles. The number of esters is 1. The first-order chi connectivity index (χ1) is 21.8. The molecular weight excluding hydrogens is 568 g/mol. The number of aliphatic imine (C=N–C) groups is 1. The molecule has 9 atom stereocenters. The summed E-state index contributed by atoms with van der Waals surface area (Å²) in [5.41, 5.74) is 1.37. The van der Waals surface area contributed by atoms with Crippen molar-refractivity contribution in [2.45, 2.75) is 115 Å². The summed E-state index contributed by atoms with van der Waals surface area (Å²) < 4.78 is 11.5. The van der Waals surface area contributed by atoms with Gasteiger partial charge >= 0.3 is 5.97 Å². The molecule has 1 saturated carbocycles. The molecule has 0 aromatic heterocycles. The minimum Gasteiger partial charge on any atom is -0.462 e. The second-order valence-corrected chi connectivity index (χ2v) is 14.0. The standard InChI is InChI=1S/C36H57N4O5/c1-5-25-9-11-33(45-24(2)41)20-32(42)18-27(29-17-31(21-37-3)36(43)34(19-29)44-4)7-6-13-39-35-16-26(12-14-40-35)8-10-28-22-38-23-30(28)15-25/h22-23,25-27,29,31,33-37,39-40,43H,5,8-21H2,1-4H3/q+1/p+2. The number of piperidine rings is 1. The zero-order valence-corrected chi connectivity index (χ0v) is 28.1. The smallest absolute Gasteiger partial charge is 0.302 e. The number of carbonyl (C=O) groups excluding carboxylic acids is 2. The van der Waals surface area contributed by atoms with Gasteiger partial charge in [0.15, 0.2) is 6.20 Å². The van der Waals surface area contributed by atoms with Crippen LogP contribution in [0.25, 0.3) is 0 Å². The number of hydrogen-bond donors (Lipinski definition) is 4. The van der Waals surface area contributed by atoms with E-state index < -0.39 is 12.2 Å². The Hall–Kier alpha value is -2.22. The number of Topliss-reactive ketones (excluding diaryl/α,β-unsaturated/α-hetero) is 1. The van der Waals surface area contributed by atoms with Crippen molar-refractivity contribution in [2.24, 2.45) is 34.6 Å². The SMILES string of the molecule is CCC1CCC(OC(C)=O)CC(=O)CC(C2CC(C[NH2+]C)C(O)C(OC)C2)C#CCNC2CC(CC[NH2+]2)CCC2=CN=C[C+]2C1. The zero-order chi connectivity index (χ0) is 32.2. The molecule has 1 saturated heterocycles. The number of nitrogens with zero attached hydrogens (tertiary/aromatic N) is 1. The average Bonchev–Trinajstić information content (AvgIpc) is 3.46. The van der Waals surface area contributed by atoms with E-state index in [9.17, 15) is 14.7 Å². The number of nitrogens with two attached hydrogens (primary N) is 2. The number of fused-ring (bicyclic) bond motifs is 3. The Bertz CT molecular complexity index is 1080. The van der Waals surface area contributed by atoms with Crippen molar-refractivity contribution in [2.75, 3.05) is 33.8 Å². The molecule has 45 heavy (non-hydrogen) atoms. The van der Waals surface area contributed by atoms with Gasteiger partial charge in [-0.1, -0.05) is 25.2 Å². The van der Waals surface area contributed by atoms with Gasteiger partial charge in [-0.25, -0.2) is 0 Å². The summed E-state index contributed by atoms with van der Waals surface area (Å²) in [5.74, 6) is 9.21. The van der Waals surface area contributed by atoms with Gasteiger partial charge in [0.2, 0.25) is 0 Å². The molecule has 0 aromatic rings. The summed E-state index contributed by atoms with van der Waals surface area (Å²) >= 11 is 0. The highest BCUT2D eigenvalue weighted by Gasteiger charge is 2.41. The lowest BCUT2D eigenvalue weighted by Crippen LogP contribution is -2.95. The van der Waals surface area contributed by atoms with Gasteiger partial charge in [-0.2, -0.15) is 0 Å². The fourth-order valence-electron chi connectivity index (χ4n) is 8.06. The number of allylic oxidation sites excluding steroid dienone is 1. The number of nitrogens with one attached hydrogen (secondary N) is 1. The molecule has 9 unspecified atom stereocenters. The molecule has 0 spiro atoms. The molecule has 9 nitrogen and oxygen atoms in total. The quantitative estimate of drug-likeness (QED) is 0.202. The Kier molecular flexibility index (Phi) is 14.4. The van der Waals surface area contributed by atoms with E-state index in [0.29, 0.717) is 43.8 Å². The minimum atomic E-state index is -0.518. The van der Waals surface area contributed by atoms with Crippen LogP contribution in [0.5, 0.6) is 0 Å². The third-order valence-corrected chi connectivity index (χ3v) is 10.7. The molecule has 4 rings (SSSR count). The number of quaternary nitrogens is 2. The Balaban J connectivity index is 1.54. The highest BCUT2D eigenvalue weighted by atomic mass is 16.5. The maximum atomic E-state index is 13.7. The first-order valence-corrected chi connectivity index (χ1v) is 17.6. The van der Waals surface area contributed by atoms with Crippen LogP contribution in [-0.2, 0) is 19.1 Å². The first-order valence-electron chi connectivity index (χ1n) is 17.6. The lowest BCUT2D eigenvalue weighted by molar-refractivity contribution is -0.704. The number of aliphatic hydroxyl groups is 1. The van der Waals surface area contributed by atoms with Crippen LogP contribution in [0.3, 0.4) is 0 Å². The van der Waals surface area contributed by atoms with Crippen LogP contribution in [0.2, 0.25) is 0 Å². The lowest BCUT2D eigenvalue weighted by Gasteiger charge is -2.39. The molecule has 4 aliphatic rings. The van der Waals surface area contributed by atoms with E-state index in [1.807, 2.05) is 13.3 Å². The van der Waals surface area contributed by atoms with E-state index in [-0.39, 0.29) is 42.0 Å². The molecule has 9 heteroatoms. The molecule has 0 radical (unpaired) electrons. The van der Waals surface area contributed by atoms with E-state index in [1.165, 1.54) is 31.3 Å². The van der Waals surface area contributed by atoms with Crippen LogP contribution < -0.4 is 16.0 Å². The Morgan fingerprint density at radius 3 is 2.82 bits per heavy atom. The summed E-state index contributed by atoms with van der Waals surface area (Å²) in [4.78, 5) is 30.3. The van der Waals surface area contributed by atoms with Crippen molar-refractivity contribution >= 4 is 18.0 Å². The monoisotopic (exact) mass is 627 g/mol. The van der Waals surface area contributed by atoms with Crippen molar-refractivity contribution < 1.29 is 34.8 Å². The second kappa shape index (κ2) is 18.2. The van der Waals surface area contributed by atoms with Crippen LogP contribution >= 0.6 is 0 Å². The summed E-state index contributed by atoms with van der Waals surface area (Å²) in [5, 5.41) is 19.1. The van der Waals surface area contributed by atoms with Crippen molar-refractivity contribution in [3.8, 4) is 11.8 Å². The second-order valence-electron chi connectivity index (χ2n) is 14.0. The van der Waals surface area contributed by atoms with Gasteiger partial charge in [0.25, 0.3) is 0 Å². The molecule has 0 amide bonds. The molecule has 1 aliphatic carbocycles. The third-order valence-electron chi connectivity index (χ3n) is 10.7. The number of ether oxygens (including phenoxy) is 2. The summed E-state index contributed by atoms with van der Waals surface area (Å²) in [6, 6.07) is 0. The van der Waals surface area contributed by atoms with Crippen molar-refractivity contribution in [1.29, 1.82) is 0 Å². The van der Waals surface area contributed by atoms with Crippen molar-refractivity contribution in [1.82, 2.24) is 5.32 Å². The van der Waals surface area contributed by atoms with Gasteiger partial charge in [-0.05, 0) is 56.3 Å². The van der Waals surface area contributed by atoms with Gasteiger partial charge < -0.3 is 25.2 Å². The lowest BCUT2D eigenvalue weighted by atomic mass is 9.71. The molecule has 3 heterocycles. The highest BCUT2D eigenvalue weighted by molar-refractivity contribution is 5.83. The maximum Gasteiger partial charge on any atom is 0.302 e. The predicted octanol–water partition coefficient (Wildman–Crippen LogP) is 1.90. The third kappa shape index (κ3) is 10.9. The fourth-order valence-corrected chi connectivity index (χ4v) is 8.06. The predicted molar refractivity (Wildman–Crippen MR) is 175 cm³/mol. The summed E-state index contributed by atoms with van der Waals surface area (Å²) in [6.07, 6.45) is 13.4. The number of rotatable bonds is 6. The molecule has 3 aliphatic heterocycles. The number of methoxy groups -OCH3 is 1. The van der Waals surface area contributed by atoms with Gasteiger partial charge in [0.1, 0.15) is 35.8 Å². The van der Waals surface area contributed by atoms with E-state index >= 15 is 0 Å². The highest BCUT2D eigenvalue weighted by Crippen LogP contribution is 2.37. The largest absolute Gasteiger partial charge is 0.462 e. The Morgan fingerprint density at radius 2 is 2.07 bits per heavy atom. The normalized spacial score (nSPS) is 35.5. The van der Waals surface area contributed by atoms with Crippen LogP contribution in [-0.4, -0.2) is 81.3 Å². The van der Waals surface area contributed by atoms with Gasteiger partial charge in [0.05, 0.1) is 38.9 Å². The summed E-state index contributed by atoms with van der Waals surface area (Å²) in [7, 11) is 3.68. The van der Waals surface area contributed by atoms with E-state index in [2.05, 4.69) is 45.9 Å². The van der Waals surface area contributed by atoms with Gasteiger partial charge in [-0.3, -0.25) is 14.9 Å². The topological polar surface area (TPSA) is 130 Å². The Morgan fingerprint density at radius 1 is 1.22 bits per heavy atom. The molecule has 2 fully saturated rings. The zero-order valence-electron chi connectivity index (χ0n) is 28.1. The molecule has 6 N–H and O–H groups in total. The number of hydrogen-bond acceptors (Lipinski definition) is 7. The molecule has 250 valence electrons. The number of carbonyl (C=O) groups is 2. The van der Waals surface area contributed by atoms with Gasteiger partial charge in [-0.15, -0.1) is 4.99 Å². The van der Waals surface area contributed by atoms with E-state index in [4.69, 9.17) is 9.47 Å². The van der Waals surface area contributed by atoms with Crippen LogP contribution in [0.15, 0.2) is 16.8 Å². The first kappa shape index (κ1) is 35.6. The van der Waals surface area contributed by atoms with E-state index in [0.717, 1.165) is 51.6 Å². The number of aliphatic hydroxyl groups excluding tert-OH is 1. The van der Waals surface area contributed by atoms with E-state index in [1.54, 1.807) is 7.11 Å². The van der Waals surface area contributed by atoms with Crippen LogP contribution in [0.4, 0.5) is 0 Å². The van der Waals surface area contributed by atoms with Crippen LogP contribution in [0, 0.1) is 47.3 Å².